The third-order valence-electron chi connectivity index (χ3n) is 1.82. The predicted octanol–water partition coefficient (Wildman–Crippen LogP) is 3.42. The summed E-state index contributed by atoms with van der Waals surface area (Å²) < 4.78 is -0.0522. The molecule has 0 unspecified atom stereocenters. The predicted molar refractivity (Wildman–Crippen MR) is 58.2 cm³/mol. The van der Waals surface area contributed by atoms with E-state index in [0.717, 1.165) is 6.42 Å². The van der Waals surface area contributed by atoms with E-state index in [9.17, 15) is 4.79 Å². The number of hydrogen-bond donors (Lipinski definition) is 0. The van der Waals surface area contributed by atoms with Crippen molar-refractivity contribution in [1.29, 1.82) is 0 Å². The summed E-state index contributed by atoms with van der Waals surface area (Å²) in [7, 11) is 0. The summed E-state index contributed by atoms with van der Waals surface area (Å²) >= 11 is 2.92. The molecule has 70 valence electrons. The molecular weight excluding hydrogens is 228 g/mol. The maximum Gasteiger partial charge on any atom is 0.228 e. The van der Waals surface area contributed by atoms with Crippen molar-refractivity contribution in [2.75, 3.05) is 0 Å². The summed E-state index contributed by atoms with van der Waals surface area (Å²) in [4.78, 5) is 10.9. The molecule has 0 saturated heterocycles. The van der Waals surface area contributed by atoms with Crippen LogP contribution in [0.15, 0.2) is 24.3 Å². The van der Waals surface area contributed by atoms with Crippen LogP contribution in [0.5, 0.6) is 0 Å². The van der Waals surface area contributed by atoms with Crippen LogP contribution in [0.3, 0.4) is 0 Å². The Labute approximate surface area is 87.3 Å². The van der Waals surface area contributed by atoms with E-state index in [1.165, 1.54) is 5.56 Å². The highest BCUT2D eigenvalue weighted by Gasteiger charge is 2.01. The van der Waals surface area contributed by atoms with E-state index in [0.29, 0.717) is 11.5 Å². The van der Waals surface area contributed by atoms with Crippen molar-refractivity contribution in [3.63, 3.8) is 0 Å². The molecule has 0 aliphatic heterocycles. The van der Waals surface area contributed by atoms with Gasteiger partial charge in [0.1, 0.15) is 0 Å². The standard InChI is InChI=1S/C11H13BrO/c1-8(2)7-9-3-5-10(6-4-9)11(12)13/h3-6,8H,7H2,1-2H3. The molecule has 2 heteroatoms. The second-order valence-corrected chi connectivity index (χ2v) is 4.29. The Morgan fingerprint density at radius 2 is 1.85 bits per heavy atom. The molecule has 0 heterocycles. The summed E-state index contributed by atoms with van der Waals surface area (Å²) in [6, 6.07) is 7.73. The monoisotopic (exact) mass is 240 g/mol. The molecule has 1 rings (SSSR count). The van der Waals surface area contributed by atoms with Crippen LogP contribution >= 0.6 is 15.9 Å². The lowest BCUT2D eigenvalue weighted by molar-refractivity contribution is 0.109. The Kier molecular flexibility index (Phi) is 3.67. The van der Waals surface area contributed by atoms with Gasteiger partial charge in [-0.3, -0.25) is 4.79 Å². The molecule has 0 aliphatic rings. The number of hydrogen-bond acceptors (Lipinski definition) is 1. The molecule has 1 aromatic rings. The van der Waals surface area contributed by atoms with Crippen LogP contribution in [0.4, 0.5) is 0 Å². The maximum absolute atomic E-state index is 10.9. The van der Waals surface area contributed by atoms with Crippen LogP contribution in [0, 0.1) is 5.92 Å². The van der Waals surface area contributed by atoms with Gasteiger partial charge >= 0.3 is 0 Å². The van der Waals surface area contributed by atoms with E-state index < -0.39 is 0 Å². The van der Waals surface area contributed by atoms with Crippen LogP contribution in [0.1, 0.15) is 29.8 Å². The molecule has 0 radical (unpaired) electrons. The van der Waals surface area contributed by atoms with E-state index in [-0.39, 0.29) is 4.69 Å². The number of carbonyl (C=O) groups is 1. The van der Waals surface area contributed by atoms with Gasteiger partial charge in [-0.25, -0.2) is 0 Å². The summed E-state index contributed by atoms with van der Waals surface area (Å²) in [5, 5.41) is 0. The van der Waals surface area contributed by atoms with Crippen molar-refractivity contribution < 1.29 is 4.79 Å². The second-order valence-electron chi connectivity index (χ2n) is 3.57. The average Bonchev–Trinajstić information content (AvgIpc) is 2.04. The fourth-order valence-electron chi connectivity index (χ4n) is 1.24. The molecule has 0 fully saturated rings. The van der Waals surface area contributed by atoms with E-state index in [1.54, 1.807) is 0 Å². The van der Waals surface area contributed by atoms with Gasteiger partial charge in [-0.15, -0.1) is 0 Å². The van der Waals surface area contributed by atoms with Gasteiger partial charge in [-0.1, -0.05) is 38.1 Å². The summed E-state index contributed by atoms with van der Waals surface area (Å²) in [6.45, 7) is 4.37. The molecule has 0 spiro atoms. The van der Waals surface area contributed by atoms with Crippen molar-refractivity contribution >= 4 is 20.6 Å². The van der Waals surface area contributed by atoms with Gasteiger partial charge in [0.25, 0.3) is 0 Å². The number of carbonyl (C=O) groups excluding carboxylic acids is 1. The van der Waals surface area contributed by atoms with Gasteiger partial charge in [-0.2, -0.15) is 0 Å². The SMILES string of the molecule is CC(C)Cc1ccc(C(=O)Br)cc1. The Bertz CT molecular complexity index is 287. The quantitative estimate of drug-likeness (QED) is 0.741. The van der Waals surface area contributed by atoms with Crippen LogP contribution in [0.2, 0.25) is 0 Å². The first-order chi connectivity index (χ1) is 6.09. The number of benzene rings is 1. The van der Waals surface area contributed by atoms with E-state index in [4.69, 9.17) is 0 Å². The summed E-state index contributed by atoms with van der Waals surface area (Å²) in [6.07, 6.45) is 1.07. The minimum Gasteiger partial charge on any atom is -0.281 e. The zero-order valence-electron chi connectivity index (χ0n) is 7.88. The van der Waals surface area contributed by atoms with Gasteiger partial charge in [0.2, 0.25) is 4.69 Å². The lowest BCUT2D eigenvalue weighted by atomic mass is 10.0. The molecule has 0 N–H and O–H groups in total. The molecule has 0 bridgehead atoms. The van der Waals surface area contributed by atoms with Gasteiger partial charge in [-0.05, 0) is 33.8 Å². The van der Waals surface area contributed by atoms with Crippen LogP contribution in [-0.2, 0) is 6.42 Å². The highest BCUT2D eigenvalue weighted by molar-refractivity contribution is 9.18. The van der Waals surface area contributed by atoms with E-state index in [1.807, 2.05) is 24.3 Å². The highest BCUT2D eigenvalue weighted by atomic mass is 79.9. The van der Waals surface area contributed by atoms with Crippen LogP contribution < -0.4 is 0 Å². The smallest absolute Gasteiger partial charge is 0.228 e. The first-order valence-electron chi connectivity index (χ1n) is 4.38. The summed E-state index contributed by atoms with van der Waals surface area (Å²) in [5.74, 6) is 0.658. The molecule has 13 heavy (non-hydrogen) atoms. The molecule has 0 aliphatic carbocycles. The Morgan fingerprint density at radius 3 is 2.23 bits per heavy atom. The van der Waals surface area contributed by atoms with Gasteiger partial charge < -0.3 is 0 Å². The van der Waals surface area contributed by atoms with Crippen molar-refractivity contribution in [1.82, 2.24) is 0 Å². The van der Waals surface area contributed by atoms with Crippen molar-refractivity contribution in [2.45, 2.75) is 20.3 Å². The van der Waals surface area contributed by atoms with Crippen molar-refractivity contribution in [3.8, 4) is 0 Å². The molecule has 0 aromatic heterocycles. The molecular formula is C11H13BrO. The first-order valence-corrected chi connectivity index (χ1v) is 5.17. The second kappa shape index (κ2) is 4.56. The van der Waals surface area contributed by atoms with Crippen LogP contribution in [0.25, 0.3) is 0 Å². The lowest BCUT2D eigenvalue weighted by Gasteiger charge is -2.04. The zero-order chi connectivity index (χ0) is 9.84. The Balaban J connectivity index is 2.75. The Hall–Kier alpha value is -0.630. The number of halogens is 1. The van der Waals surface area contributed by atoms with Crippen molar-refractivity contribution in [3.05, 3.63) is 35.4 Å². The highest BCUT2D eigenvalue weighted by Crippen LogP contribution is 2.11. The minimum absolute atomic E-state index is 0.0522. The Morgan fingerprint density at radius 1 is 1.31 bits per heavy atom. The zero-order valence-corrected chi connectivity index (χ0v) is 9.47. The lowest BCUT2D eigenvalue weighted by Crippen LogP contribution is -1.95. The normalized spacial score (nSPS) is 10.5. The van der Waals surface area contributed by atoms with E-state index in [2.05, 4.69) is 29.8 Å². The molecule has 0 atom stereocenters. The van der Waals surface area contributed by atoms with Gasteiger partial charge in [0.05, 0.1) is 0 Å². The van der Waals surface area contributed by atoms with Gasteiger partial charge in [0, 0.05) is 5.56 Å². The molecule has 1 aromatic carbocycles. The first kappa shape index (κ1) is 10.5. The fraction of sp³-hybridized carbons (Fsp3) is 0.364. The van der Waals surface area contributed by atoms with Crippen molar-refractivity contribution in [2.24, 2.45) is 5.92 Å². The molecule has 0 saturated carbocycles. The average molecular weight is 241 g/mol. The summed E-state index contributed by atoms with van der Waals surface area (Å²) in [5.41, 5.74) is 2.00. The van der Waals surface area contributed by atoms with Gasteiger partial charge in [0.15, 0.2) is 0 Å². The largest absolute Gasteiger partial charge is 0.281 e. The number of rotatable bonds is 3. The fourth-order valence-corrected chi connectivity index (χ4v) is 1.51. The third-order valence-corrected chi connectivity index (χ3v) is 2.28. The molecule has 0 amide bonds. The topological polar surface area (TPSA) is 17.1 Å². The minimum atomic E-state index is -0.0522. The van der Waals surface area contributed by atoms with Crippen LogP contribution in [-0.4, -0.2) is 4.69 Å². The maximum atomic E-state index is 10.9. The molecule has 1 nitrogen and oxygen atoms in total. The van der Waals surface area contributed by atoms with E-state index >= 15 is 0 Å². The third kappa shape index (κ3) is 3.31.